The van der Waals surface area contributed by atoms with Gasteiger partial charge in [0.15, 0.2) is 0 Å². The van der Waals surface area contributed by atoms with E-state index in [-0.39, 0.29) is 11.6 Å². The maximum Gasteiger partial charge on any atom is 0.251 e. The van der Waals surface area contributed by atoms with Gasteiger partial charge in [-0.25, -0.2) is 9.97 Å². The Labute approximate surface area is 76.5 Å². The summed E-state index contributed by atoms with van der Waals surface area (Å²) in [6, 6.07) is 1.90. The molecule has 66 valence electrons. The standard InChI is InChI=1S/C9H9N3O/c1-2-3-6-13-9-8(7-10)11-4-5-12-9/h2-5H,6H2,1H3/b3-2+. The lowest BCUT2D eigenvalue weighted by molar-refractivity contribution is 0.345. The molecule has 0 saturated carbocycles. The molecule has 1 rings (SSSR count). The van der Waals surface area contributed by atoms with E-state index in [1.807, 2.05) is 25.1 Å². The van der Waals surface area contributed by atoms with E-state index in [0.29, 0.717) is 6.61 Å². The van der Waals surface area contributed by atoms with Crippen LogP contribution in [0.15, 0.2) is 24.5 Å². The highest BCUT2D eigenvalue weighted by atomic mass is 16.5. The Morgan fingerprint density at radius 3 is 3.00 bits per heavy atom. The van der Waals surface area contributed by atoms with Crippen LogP contribution in [0.2, 0.25) is 0 Å². The largest absolute Gasteiger partial charge is 0.471 e. The molecule has 1 heterocycles. The van der Waals surface area contributed by atoms with Gasteiger partial charge < -0.3 is 4.74 Å². The summed E-state index contributed by atoms with van der Waals surface area (Å²) in [4.78, 5) is 7.68. The Hall–Kier alpha value is -1.89. The zero-order chi connectivity index (χ0) is 9.52. The molecule has 0 fully saturated rings. The van der Waals surface area contributed by atoms with Gasteiger partial charge in [0.25, 0.3) is 5.88 Å². The summed E-state index contributed by atoms with van der Waals surface area (Å²) >= 11 is 0. The summed E-state index contributed by atoms with van der Waals surface area (Å²) in [5, 5.41) is 8.62. The maximum atomic E-state index is 8.62. The van der Waals surface area contributed by atoms with Crippen LogP contribution in [0.1, 0.15) is 12.6 Å². The molecule has 0 aliphatic heterocycles. The predicted octanol–water partition coefficient (Wildman–Crippen LogP) is 1.30. The molecule has 0 aromatic carbocycles. The predicted molar refractivity (Wildman–Crippen MR) is 47.1 cm³/mol. The van der Waals surface area contributed by atoms with Crippen molar-refractivity contribution in [3.05, 3.63) is 30.2 Å². The van der Waals surface area contributed by atoms with Crippen molar-refractivity contribution in [1.29, 1.82) is 5.26 Å². The van der Waals surface area contributed by atoms with Gasteiger partial charge >= 0.3 is 0 Å². The van der Waals surface area contributed by atoms with Crippen LogP contribution in [-0.2, 0) is 0 Å². The highest BCUT2D eigenvalue weighted by Gasteiger charge is 2.02. The SMILES string of the molecule is C/C=C/COc1nccnc1C#N. The molecule has 4 nitrogen and oxygen atoms in total. The van der Waals surface area contributed by atoms with Crippen LogP contribution in [0.4, 0.5) is 0 Å². The third-order valence-electron chi connectivity index (χ3n) is 1.32. The van der Waals surface area contributed by atoms with Crippen molar-refractivity contribution in [3.63, 3.8) is 0 Å². The molecule has 0 unspecified atom stereocenters. The Morgan fingerprint density at radius 2 is 2.31 bits per heavy atom. The quantitative estimate of drug-likeness (QED) is 0.650. The van der Waals surface area contributed by atoms with Gasteiger partial charge in [0.1, 0.15) is 12.7 Å². The minimum absolute atomic E-state index is 0.215. The molecule has 13 heavy (non-hydrogen) atoms. The van der Waals surface area contributed by atoms with Crippen LogP contribution in [0, 0.1) is 11.3 Å². The van der Waals surface area contributed by atoms with Crippen LogP contribution in [-0.4, -0.2) is 16.6 Å². The summed E-state index contributed by atoms with van der Waals surface area (Å²) in [5.41, 5.74) is 0.215. The Bertz CT molecular complexity index is 341. The highest BCUT2D eigenvalue weighted by molar-refractivity contribution is 5.29. The fourth-order valence-electron chi connectivity index (χ4n) is 0.731. The van der Waals surface area contributed by atoms with Gasteiger partial charge in [-0.15, -0.1) is 0 Å². The van der Waals surface area contributed by atoms with Crippen LogP contribution in [0.5, 0.6) is 5.88 Å². The number of aromatic nitrogens is 2. The molecule has 0 N–H and O–H groups in total. The van der Waals surface area contributed by atoms with E-state index in [1.54, 1.807) is 0 Å². The van der Waals surface area contributed by atoms with Crippen LogP contribution in [0.3, 0.4) is 0 Å². The Balaban J connectivity index is 2.71. The normalized spacial score (nSPS) is 9.85. The summed E-state index contributed by atoms with van der Waals surface area (Å²) in [5.74, 6) is 0.281. The fourth-order valence-corrected chi connectivity index (χ4v) is 0.731. The number of nitriles is 1. The zero-order valence-electron chi connectivity index (χ0n) is 7.27. The first kappa shape index (κ1) is 9.20. The van der Waals surface area contributed by atoms with Crippen molar-refractivity contribution < 1.29 is 4.74 Å². The van der Waals surface area contributed by atoms with E-state index in [0.717, 1.165) is 0 Å². The molecule has 0 aliphatic carbocycles. The van der Waals surface area contributed by atoms with Gasteiger partial charge in [-0.05, 0) is 6.92 Å². The number of hydrogen-bond donors (Lipinski definition) is 0. The molecule has 0 bridgehead atoms. The van der Waals surface area contributed by atoms with Crippen molar-refractivity contribution in [3.8, 4) is 11.9 Å². The number of rotatable bonds is 3. The molecular formula is C9H9N3O. The van der Waals surface area contributed by atoms with E-state index in [4.69, 9.17) is 10.00 Å². The lowest BCUT2D eigenvalue weighted by Gasteiger charge is -2.01. The average Bonchev–Trinajstić information content (AvgIpc) is 2.19. The zero-order valence-corrected chi connectivity index (χ0v) is 7.27. The lowest BCUT2D eigenvalue weighted by Crippen LogP contribution is -1.99. The second-order valence-corrected chi connectivity index (χ2v) is 2.20. The van der Waals surface area contributed by atoms with Gasteiger partial charge in [-0.3, -0.25) is 0 Å². The molecule has 0 radical (unpaired) electrons. The molecule has 0 atom stereocenters. The highest BCUT2D eigenvalue weighted by Crippen LogP contribution is 2.08. The monoisotopic (exact) mass is 175 g/mol. The molecule has 1 aromatic rings. The third-order valence-corrected chi connectivity index (χ3v) is 1.32. The van der Waals surface area contributed by atoms with Gasteiger partial charge in [0.05, 0.1) is 0 Å². The number of ether oxygens (including phenoxy) is 1. The first-order valence-electron chi connectivity index (χ1n) is 3.83. The second kappa shape index (κ2) is 4.88. The summed E-state index contributed by atoms with van der Waals surface area (Å²) in [7, 11) is 0. The summed E-state index contributed by atoms with van der Waals surface area (Å²) < 4.78 is 5.19. The van der Waals surface area contributed by atoms with Gasteiger partial charge in [-0.1, -0.05) is 12.2 Å². The van der Waals surface area contributed by atoms with E-state index in [1.165, 1.54) is 12.4 Å². The molecule has 1 aromatic heterocycles. The van der Waals surface area contributed by atoms with Crippen molar-refractivity contribution in [2.45, 2.75) is 6.92 Å². The van der Waals surface area contributed by atoms with Crippen molar-refractivity contribution in [2.24, 2.45) is 0 Å². The fraction of sp³-hybridized carbons (Fsp3) is 0.222. The van der Waals surface area contributed by atoms with Crippen LogP contribution >= 0.6 is 0 Å². The Morgan fingerprint density at radius 1 is 1.54 bits per heavy atom. The Kier molecular flexibility index (Phi) is 3.45. The summed E-state index contributed by atoms with van der Waals surface area (Å²) in [6.45, 7) is 2.30. The first-order chi connectivity index (χ1) is 6.38. The minimum Gasteiger partial charge on any atom is -0.471 e. The third kappa shape index (κ3) is 2.56. The number of nitrogens with zero attached hydrogens (tertiary/aromatic N) is 3. The number of hydrogen-bond acceptors (Lipinski definition) is 4. The van der Waals surface area contributed by atoms with Crippen molar-refractivity contribution >= 4 is 0 Å². The van der Waals surface area contributed by atoms with Crippen molar-refractivity contribution in [1.82, 2.24) is 9.97 Å². The second-order valence-electron chi connectivity index (χ2n) is 2.20. The van der Waals surface area contributed by atoms with Crippen LogP contribution < -0.4 is 4.74 Å². The van der Waals surface area contributed by atoms with E-state index >= 15 is 0 Å². The summed E-state index contributed by atoms with van der Waals surface area (Å²) in [6.07, 6.45) is 6.64. The van der Waals surface area contributed by atoms with Crippen molar-refractivity contribution in [2.75, 3.05) is 6.61 Å². The molecule has 4 heteroatoms. The topological polar surface area (TPSA) is 58.8 Å². The van der Waals surface area contributed by atoms with Gasteiger partial charge in [-0.2, -0.15) is 5.26 Å². The minimum atomic E-state index is 0.215. The number of allylic oxidation sites excluding steroid dienone is 1. The first-order valence-corrected chi connectivity index (χ1v) is 3.83. The van der Waals surface area contributed by atoms with E-state index in [2.05, 4.69) is 9.97 Å². The molecule has 0 spiro atoms. The maximum absolute atomic E-state index is 8.62. The van der Waals surface area contributed by atoms with Gasteiger partial charge in [0, 0.05) is 12.4 Å². The molecule has 0 amide bonds. The van der Waals surface area contributed by atoms with E-state index < -0.39 is 0 Å². The van der Waals surface area contributed by atoms with E-state index in [9.17, 15) is 0 Å². The average molecular weight is 175 g/mol. The molecular weight excluding hydrogens is 166 g/mol. The lowest BCUT2D eigenvalue weighted by atomic mass is 10.4. The molecule has 0 saturated heterocycles. The smallest absolute Gasteiger partial charge is 0.251 e. The molecule has 0 aliphatic rings. The van der Waals surface area contributed by atoms with Gasteiger partial charge in [0.2, 0.25) is 5.69 Å². The van der Waals surface area contributed by atoms with Crippen LogP contribution in [0.25, 0.3) is 0 Å².